The lowest BCUT2D eigenvalue weighted by Gasteiger charge is -1.94. The minimum Gasteiger partial charge on any atom is -0.440 e. The van der Waals surface area contributed by atoms with Gasteiger partial charge < -0.3 is 4.42 Å². The second-order valence-electron chi connectivity index (χ2n) is 4.24. The summed E-state index contributed by atoms with van der Waals surface area (Å²) in [7, 11) is 0. The lowest BCUT2D eigenvalue weighted by Crippen LogP contribution is -1.86. The molecule has 0 radical (unpaired) electrons. The van der Waals surface area contributed by atoms with E-state index in [4.69, 9.17) is 4.42 Å². The molecule has 0 aliphatic rings. The van der Waals surface area contributed by atoms with Gasteiger partial charge in [0.2, 0.25) is 0 Å². The summed E-state index contributed by atoms with van der Waals surface area (Å²) in [5.41, 5.74) is 4.22. The van der Waals surface area contributed by atoms with E-state index >= 15 is 0 Å². The van der Waals surface area contributed by atoms with Gasteiger partial charge in [0.1, 0.15) is 5.52 Å². The Morgan fingerprint density at radius 3 is 2.71 bits per heavy atom. The largest absolute Gasteiger partial charge is 0.440 e. The normalized spacial score (nSPS) is 10.9. The lowest BCUT2D eigenvalue weighted by atomic mass is 10.1. The Labute approximate surface area is 99.9 Å². The van der Waals surface area contributed by atoms with Gasteiger partial charge in [-0.1, -0.05) is 36.4 Å². The number of aryl methyl sites for hydroxylation is 1. The van der Waals surface area contributed by atoms with Crippen molar-refractivity contribution in [1.29, 1.82) is 0 Å². The lowest BCUT2D eigenvalue weighted by molar-refractivity contribution is 0.544. The van der Waals surface area contributed by atoms with Crippen molar-refractivity contribution in [3.63, 3.8) is 0 Å². The van der Waals surface area contributed by atoms with E-state index < -0.39 is 0 Å². The molecule has 0 aliphatic carbocycles. The van der Waals surface area contributed by atoms with E-state index in [1.54, 1.807) is 0 Å². The molecule has 0 atom stereocenters. The predicted molar refractivity (Wildman–Crippen MR) is 68.0 cm³/mol. The van der Waals surface area contributed by atoms with Crippen LogP contribution in [0.1, 0.15) is 17.0 Å². The summed E-state index contributed by atoms with van der Waals surface area (Å²) in [6.45, 7) is 2.05. The molecular formula is C15H13NO. The highest BCUT2D eigenvalue weighted by Crippen LogP contribution is 2.18. The number of benzene rings is 2. The van der Waals surface area contributed by atoms with Crippen LogP contribution < -0.4 is 0 Å². The van der Waals surface area contributed by atoms with E-state index in [1.807, 2.05) is 30.3 Å². The van der Waals surface area contributed by atoms with Crippen LogP contribution in [0.3, 0.4) is 0 Å². The predicted octanol–water partition coefficient (Wildman–Crippen LogP) is 3.73. The highest BCUT2D eigenvalue weighted by molar-refractivity contribution is 5.73. The molecule has 0 spiro atoms. The fourth-order valence-corrected chi connectivity index (χ4v) is 1.93. The third-order valence-electron chi connectivity index (χ3n) is 2.79. The first-order valence-corrected chi connectivity index (χ1v) is 5.71. The molecule has 0 unspecified atom stereocenters. The Morgan fingerprint density at radius 1 is 1.06 bits per heavy atom. The SMILES string of the molecule is Cc1ccc2nc(Cc3ccccc3)oc2c1. The van der Waals surface area contributed by atoms with Gasteiger partial charge in [0.05, 0.1) is 0 Å². The summed E-state index contributed by atoms with van der Waals surface area (Å²) >= 11 is 0. The zero-order valence-corrected chi connectivity index (χ0v) is 9.68. The Balaban J connectivity index is 1.96. The monoisotopic (exact) mass is 223 g/mol. The molecule has 0 amide bonds. The molecule has 3 rings (SSSR count). The molecule has 17 heavy (non-hydrogen) atoms. The molecule has 2 nitrogen and oxygen atoms in total. The van der Waals surface area contributed by atoms with Gasteiger partial charge in [-0.05, 0) is 30.2 Å². The number of hydrogen-bond acceptors (Lipinski definition) is 2. The van der Waals surface area contributed by atoms with Gasteiger partial charge in [0.25, 0.3) is 0 Å². The molecule has 0 fully saturated rings. The van der Waals surface area contributed by atoms with Crippen molar-refractivity contribution in [2.75, 3.05) is 0 Å². The van der Waals surface area contributed by atoms with E-state index in [-0.39, 0.29) is 0 Å². The van der Waals surface area contributed by atoms with Crippen molar-refractivity contribution in [2.24, 2.45) is 0 Å². The van der Waals surface area contributed by atoms with Crippen molar-refractivity contribution >= 4 is 11.1 Å². The maximum Gasteiger partial charge on any atom is 0.199 e. The Hall–Kier alpha value is -2.09. The number of fused-ring (bicyclic) bond motifs is 1. The van der Waals surface area contributed by atoms with E-state index in [2.05, 4.69) is 30.1 Å². The number of nitrogens with zero attached hydrogens (tertiary/aromatic N) is 1. The summed E-state index contributed by atoms with van der Waals surface area (Å²) in [5.74, 6) is 0.775. The highest BCUT2D eigenvalue weighted by Gasteiger charge is 2.06. The van der Waals surface area contributed by atoms with E-state index in [0.717, 1.165) is 23.4 Å². The zero-order valence-electron chi connectivity index (χ0n) is 9.68. The summed E-state index contributed by atoms with van der Waals surface area (Å²) in [5, 5.41) is 0. The first-order chi connectivity index (χ1) is 8.31. The van der Waals surface area contributed by atoms with Gasteiger partial charge in [-0.15, -0.1) is 0 Å². The van der Waals surface area contributed by atoms with Crippen molar-refractivity contribution in [2.45, 2.75) is 13.3 Å². The van der Waals surface area contributed by atoms with Crippen LogP contribution in [0.15, 0.2) is 52.9 Å². The zero-order chi connectivity index (χ0) is 11.7. The van der Waals surface area contributed by atoms with Crippen molar-refractivity contribution in [3.8, 4) is 0 Å². The molecule has 0 saturated carbocycles. The molecule has 0 aliphatic heterocycles. The fraction of sp³-hybridized carbons (Fsp3) is 0.133. The van der Waals surface area contributed by atoms with Gasteiger partial charge in [0, 0.05) is 6.42 Å². The number of hydrogen-bond donors (Lipinski definition) is 0. The molecule has 0 saturated heterocycles. The number of aromatic nitrogens is 1. The Kier molecular flexibility index (Phi) is 2.41. The van der Waals surface area contributed by atoms with Crippen LogP contribution in [0.5, 0.6) is 0 Å². The van der Waals surface area contributed by atoms with Crippen LogP contribution in [0.2, 0.25) is 0 Å². The van der Waals surface area contributed by atoms with Gasteiger partial charge in [-0.2, -0.15) is 0 Å². The van der Waals surface area contributed by atoms with Gasteiger partial charge in [0.15, 0.2) is 11.5 Å². The minimum absolute atomic E-state index is 0.745. The summed E-state index contributed by atoms with van der Waals surface area (Å²) < 4.78 is 5.74. The number of rotatable bonds is 2. The van der Waals surface area contributed by atoms with Crippen LogP contribution in [0.4, 0.5) is 0 Å². The van der Waals surface area contributed by atoms with Crippen LogP contribution in [0.25, 0.3) is 11.1 Å². The van der Waals surface area contributed by atoms with Crippen LogP contribution in [-0.2, 0) is 6.42 Å². The van der Waals surface area contributed by atoms with E-state index in [9.17, 15) is 0 Å². The Morgan fingerprint density at radius 2 is 1.88 bits per heavy atom. The van der Waals surface area contributed by atoms with Crippen LogP contribution >= 0.6 is 0 Å². The molecule has 0 bridgehead atoms. The summed E-state index contributed by atoms with van der Waals surface area (Å²) in [4.78, 5) is 4.48. The van der Waals surface area contributed by atoms with Crippen molar-refractivity contribution in [3.05, 3.63) is 65.5 Å². The average Bonchev–Trinajstić information content (AvgIpc) is 2.71. The second kappa shape index (κ2) is 4.06. The molecule has 0 N–H and O–H groups in total. The third kappa shape index (κ3) is 2.07. The van der Waals surface area contributed by atoms with Crippen LogP contribution in [-0.4, -0.2) is 4.98 Å². The molecule has 2 aromatic carbocycles. The first kappa shape index (κ1) is 10.1. The third-order valence-corrected chi connectivity index (χ3v) is 2.79. The van der Waals surface area contributed by atoms with E-state index in [1.165, 1.54) is 11.1 Å². The maximum absolute atomic E-state index is 5.74. The minimum atomic E-state index is 0.745. The topological polar surface area (TPSA) is 26.0 Å². The number of oxazole rings is 1. The molecular weight excluding hydrogens is 210 g/mol. The molecule has 3 aromatic rings. The maximum atomic E-state index is 5.74. The van der Waals surface area contributed by atoms with Gasteiger partial charge in [-0.3, -0.25) is 0 Å². The highest BCUT2D eigenvalue weighted by atomic mass is 16.3. The van der Waals surface area contributed by atoms with Gasteiger partial charge in [-0.25, -0.2) is 4.98 Å². The first-order valence-electron chi connectivity index (χ1n) is 5.71. The average molecular weight is 223 g/mol. The second-order valence-corrected chi connectivity index (χ2v) is 4.24. The quantitative estimate of drug-likeness (QED) is 0.661. The van der Waals surface area contributed by atoms with Gasteiger partial charge >= 0.3 is 0 Å². The molecule has 1 heterocycles. The smallest absolute Gasteiger partial charge is 0.199 e. The summed E-state index contributed by atoms with van der Waals surface area (Å²) in [6.07, 6.45) is 0.745. The molecule has 84 valence electrons. The standard InChI is InChI=1S/C15H13NO/c1-11-7-8-13-14(9-11)17-15(16-13)10-12-5-3-2-4-6-12/h2-9H,10H2,1H3. The fourth-order valence-electron chi connectivity index (χ4n) is 1.93. The summed E-state index contributed by atoms with van der Waals surface area (Å²) in [6, 6.07) is 16.3. The van der Waals surface area contributed by atoms with Crippen molar-refractivity contribution in [1.82, 2.24) is 4.98 Å². The Bertz CT molecular complexity index is 640. The molecule has 2 heteroatoms. The van der Waals surface area contributed by atoms with E-state index in [0.29, 0.717) is 0 Å². The van der Waals surface area contributed by atoms with Crippen molar-refractivity contribution < 1.29 is 4.42 Å². The van der Waals surface area contributed by atoms with Crippen LogP contribution in [0, 0.1) is 6.92 Å². The molecule has 1 aromatic heterocycles.